The second kappa shape index (κ2) is 7.63. The molecule has 4 nitrogen and oxygen atoms in total. The van der Waals surface area contributed by atoms with Crippen molar-refractivity contribution in [3.8, 4) is 0 Å². The summed E-state index contributed by atoms with van der Waals surface area (Å²) < 4.78 is 1.92. The summed E-state index contributed by atoms with van der Waals surface area (Å²) in [5.41, 5.74) is 1.15. The molecule has 0 bridgehead atoms. The van der Waals surface area contributed by atoms with E-state index in [0.717, 1.165) is 5.56 Å². The van der Waals surface area contributed by atoms with Crippen molar-refractivity contribution in [2.75, 3.05) is 5.75 Å². The Morgan fingerprint density at radius 1 is 1.33 bits per heavy atom. The van der Waals surface area contributed by atoms with Crippen LogP contribution in [0.5, 0.6) is 0 Å². The summed E-state index contributed by atoms with van der Waals surface area (Å²) in [7, 11) is 0. The van der Waals surface area contributed by atoms with E-state index in [1.165, 1.54) is 11.8 Å². The minimum atomic E-state index is -1.08. The number of aromatic nitrogens is 2. The maximum Gasteiger partial charge on any atom is 1.00 e. The van der Waals surface area contributed by atoms with E-state index in [0.29, 0.717) is 11.7 Å². The van der Waals surface area contributed by atoms with E-state index in [9.17, 15) is 9.90 Å². The van der Waals surface area contributed by atoms with Crippen LogP contribution in [0.15, 0.2) is 47.9 Å². The van der Waals surface area contributed by atoms with Crippen LogP contribution in [0.3, 0.4) is 0 Å². The van der Waals surface area contributed by atoms with Gasteiger partial charge in [0.2, 0.25) is 0 Å². The molecule has 0 aliphatic rings. The number of hydrogen-bond acceptors (Lipinski definition) is 4. The Labute approximate surface area is 132 Å². The summed E-state index contributed by atoms with van der Waals surface area (Å²) in [6, 6.07) is 9.95. The van der Waals surface area contributed by atoms with Crippen LogP contribution in [-0.4, -0.2) is 21.3 Å². The zero-order valence-corrected chi connectivity index (χ0v) is 12.9. The fraction of sp³-hybridized carbons (Fsp3) is 0.167. The average Bonchev–Trinajstić information content (AvgIpc) is 2.75. The number of carbonyl (C=O) groups is 1. The quantitative estimate of drug-likeness (QED) is 0.456. The van der Waals surface area contributed by atoms with Gasteiger partial charge in [-0.15, -0.1) is 0 Å². The second-order valence-corrected chi connectivity index (χ2v) is 4.43. The SMILES string of the molecule is O=C([O-])CSc1nccn1Cc1ccccc1.[Na+]. The number of thioether (sulfide) groups is 1. The van der Waals surface area contributed by atoms with Gasteiger partial charge in [0, 0.05) is 24.7 Å². The van der Waals surface area contributed by atoms with Crippen molar-refractivity contribution < 1.29 is 39.5 Å². The van der Waals surface area contributed by atoms with Gasteiger partial charge in [-0.2, -0.15) is 0 Å². The maximum absolute atomic E-state index is 10.4. The fourth-order valence-corrected chi connectivity index (χ4v) is 2.13. The first kappa shape index (κ1) is 15.3. The normalized spacial score (nSPS) is 9.78. The third kappa shape index (κ3) is 4.49. The van der Waals surface area contributed by atoms with E-state index in [2.05, 4.69) is 4.98 Å². The molecule has 0 amide bonds. The van der Waals surface area contributed by atoms with Crippen LogP contribution in [-0.2, 0) is 11.3 Å². The molecular weight excluding hydrogens is 259 g/mol. The molecule has 0 spiro atoms. The number of aliphatic carboxylic acids is 1. The number of rotatable bonds is 5. The number of hydrogen-bond donors (Lipinski definition) is 0. The Kier molecular flexibility index (Phi) is 6.49. The fourth-order valence-electron chi connectivity index (χ4n) is 1.46. The van der Waals surface area contributed by atoms with E-state index < -0.39 is 5.97 Å². The smallest absolute Gasteiger partial charge is 0.549 e. The van der Waals surface area contributed by atoms with Crippen LogP contribution < -0.4 is 34.7 Å². The van der Waals surface area contributed by atoms with Crippen LogP contribution in [0, 0.1) is 0 Å². The zero-order valence-electron chi connectivity index (χ0n) is 10.1. The molecule has 0 radical (unpaired) electrons. The molecule has 0 aliphatic heterocycles. The molecule has 2 aromatic rings. The molecule has 0 aliphatic carbocycles. The number of carbonyl (C=O) groups excluding carboxylic acids is 1. The van der Waals surface area contributed by atoms with E-state index >= 15 is 0 Å². The molecule has 6 heteroatoms. The summed E-state index contributed by atoms with van der Waals surface area (Å²) in [5, 5.41) is 11.1. The van der Waals surface area contributed by atoms with Gasteiger partial charge in [0.25, 0.3) is 0 Å². The van der Waals surface area contributed by atoms with E-state index in [1.807, 2.05) is 41.1 Å². The van der Waals surface area contributed by atoms with Crippen molar-refractivity contribution in [3.63, 3.8) is 0 Å². The summed E-state index contributed by atoms with van der Waals surface area (Å²) in [6.07, 6.45) is 3.51. The summed E-state index contributed by atoms with van der Waals surface area (Å²) in [4.78, 5) is 14.5. The molecule has 1 heterocycles. The van der Waals surface area contributed by atoms with Gasteiger partial charge < -0.3 is 14.5 Å². The largest absolute Gasteiger partial charge is 1.00 e. The minimum Gasteiger partial charge on any atom is -0.549 e. The third-order valence-corrected chi connectivity index (χ3v) is 3.17. The van der Waals surface area contributed by atoms with Crippen LogP contribution in [0.25, 0.3) is 0 Å². The van der Waals surface area contributed by atoms with Crippen molar-refractivity contribution >= 4 is 17.7 Å². The number of carboxylic acids is 1. The van der Waals surface area contributed by atoms with Gasteiger partial charge >= 0.3 is 29.6 Å². The Bertz CT molecular complexity index is 502. The van der Waals surface area contributed by atoms with E-state index in [4.69, 9.17) is 0 Å². The Balaban J connectivity index is 0.00000162. The minimum absolute atomic E-state index is 0. The van der Waals surface area contributed by atoms with E-state index in [-0.39, 0.29) is 35.3 Å². The first-order valence-corrected chi connectivity index (χ1v) is 6.12. The molecule has 1 aromatic heterocycles. The molecule has 0 saturated heterocycles. The maximum atomic E-state index is 10.4. The van der Waals surface area contributed by atoms with Crippen molar-refractivity contribution in [2.24, 2.45) is 0 Å². The van der Waals surface area contributed by atoms with Gasteiger partial charge in [0.15, 0.2) is 5.16 Å². The van der Waals surface area contributed by atoms with Gasteiger partial charge in [-0.05, 0) is 5.56 Å². The summed E-state index contributed by atoms with van der Waals surface area (Å²) >= 11 is 1.17. The molecule has 1 aromatic carbocycles. The number of nitrogens with zero attached hydrogens (tertiary/aromatic N) is 2. The monoisotopic (exact) mass is 270 g/mol. The summed E-state index contributed by atoms with van der Waals surface area (Å²) in [5.74, 6) is -1.16. The van der Waals surface area contributed by atoms with Crippen LogP contribution in [0.1, 0.15) is 5.56 Å². The van der Waals surface area contributed by atoms with Gasteiger partial charge in [0.1, 0.15) is 0 Å². The number of imidazole rings is 1. The molecule has 0 unspecified atom stereocenters. The predicted octanol–water partition coefficient (Wildman–Crippen LogP) is -2.22. The van der Waals surface area contributed by atoms with Gasteiger partial charge in [-0.1, -0.05) is 42.1 Å². The Hall–Kier alpha value is -0.750. The average molecular weight is 270 g/mol. The van der Waals surface area contributed by atoms with Gasteiger partial charge in [0.05, 0.1) is 5.97 Å². The van der Waals surface area contributed by atoms with Gasteiger partial charge in [-0.3, -0.25) is 0 Å². The van der Waals surface area contributed by atoms with Crippen molar-refractivity contribution in [2.45, 2.75) is 11.7 Å². The van der Waals surface area contributed by atoms with E-state index in [1.54, 1.807) is 6.20 Å². The summed E-state index contributed by atoms with van der Waals surface area (Å²) in [6.45, 7) is 0.691. The first-order chi connectivity index (χ1) is 8.25. The molecule has 18 heavy (non-hydrogen) atoms. The molecular formula is C12H11N2NaO2S. The molecule has 0 atom stereocenters. The molecule has 0 saturated carbocycles. The standard InChI is InChI=1S/C12H12N2O2S.Na/c15-11(16)9-17-12-13-6-7-14(12)8-10-4-2-1-3-5-10;/h1-7H,8-9H2,(H,15,16);/q;+1/p-1. The van der Waals surface area contributed by atoms with Crippen molar-refractivity contribution in [1.29, 1.82) is 0 Å². The number of carboxylic acid groups (broad SMARTS) is 1. The van der Waals surface area contributed by atoms with Crippen molar-refractivity contribution in [3.05, 3.63) is 48.3 Å². The van der Waals surface area contributed by atoms with Gasteiger partial charge in [-0.25, -0.2) is 4.98 Å². The third-order valence-electron chi connectivity index (χ3n) is 2.19. The first-order valence-electron chi connectivity index (χ1n) is 5.13. The molecule has 2 rings (SSSR count). The Morgan fingerprint density at radius 3 is 2.72 bits per heavy atom. The van der Waals surface area contributed by atoms with Crippen LogP contribution >= 0.6 is 11.8 Å². The van der Waals surface area contributed by atoms with Crippen molar-refractivity contribution in [1.82, 2.24) is 9.55 Å². The number of benzene rings is 1. The molecule has 0 N–H and O–H groups in total. The topological polar surface area (TPSA) is 57.9 Å². The Morgan fingerprint density at radius 2 is 2.06 bits per heavy atom. The predicted molar refractivity (Wildman–Crippen MR) is 63.5 cm³/mol. The molecule has 0 fully saturated rings. The van der Waals surface area contributed by atoms with Crippen LogP contribution in [0.2, 0.25) is 0 Å². The van der Waals surface area contributed by atoms with Crippen LogP contribution in [0.4, 0.5) is 0 Å². The second-order valence-electron chi connectivity index (χ2n) is 3.48. The zero-order chi connectivity index (χ0) is 12.1. The molecule has 88 valence electrons.